The van der Waals surface area contributed by atoms with E-state index in [1.807, 2.05) is 11.3 Å². The van der Waals surface area contributed by atoms with Crippen molar-refractivity contribution in [1.29, 1.82) is 0 Å². The molecule has 5 heteroatoms. The highest BCUT2D eigenvalue weighted by molar-refractivity contribution is 7.26. The minimum atomic E-state index is -0.100. The molecule has 1 radical (unpaired) electrons. The minimum Gasteiger partial charge on any atom is -0.456 e. The van der Waals surface area contributed by atoms with Crippen molar-refractivity contribution in [1.82, 2.24) is 4.57 Å². The lowest BCUT2D eigenvalue weighted by molar-refractivity contribution is 0.590. The second-order valence-corrected chi connectivity index (χ2v) is 19.5. The van der Waals surface area contributed by atoms with Crippen LogP contribution in [0.4, 0.5) is 11.4 Å². The molecule has 3 aromatic heterocycles. The third-order valence-electron chi connectivity index (χ3n) is 13.6. The van der Waals surface area contributed by atoms with Gasteiger partial charge in [0.2, 0.25) is 0 Å². The number of para-hydroxylation sites is 1. The molecular weight excluding hydrogens is 747 g/mol. The molecule has 0 atom stereocenters. The van der Waals surface area contributed by atoms with Crippen molar-refractivity contribution >= 4 is 105 Å². The maximum absolute atomic E-state index is 6.61. The lowest BCUT2D eigenvalue weighted by atomic mass is 9.59. The van der Waals surface area contributed by atoms with Gasteiger partial charge in [-0.3, -0.25) is 0 Å². The predicted octanol–water partition coefficient (Wildman–Crippen LogP) is 14.0. The van der Waals surface area contributed by atoms with Gasteiger partial charge in [-0.15, -0.1) is 11.3 Å². The number of nitrogens with zero attached hydrogens (tertiary/aromatic N) is 1. The number of nitrogens with one attached hydrogen (secondary N) is 1. The summed E-state index contributed by atoms with van der Waals surface area (Å²) in [5.41, 5.74) is 19.1. The molecule has 0 unspecified atom stereocenters. The van der Waals surface area contributed by atoms with Crippen LogP contribution in [-0.2, 0) is 10.8 Å². The number of anilines is 2. The summed E-state index contributed by atoms with van der Waals surface area (Å²) < 4.78 is 11.8. The molecule has 60 heavy (non-hydrogen) atoms. The number of benzene rings is 8. The Morgan fingerprint density at radius 1 is 0.617 bits per heavy atom. The maximum atomic E-state index is 6.61. The highest BCUT2D eigenvalue weighted by Crippen LogP contribution is 2.54. The van der Waals surface area contributed by atoms with Crippen molar-refractivity contribution < 1.29 is 4.42 Å². The van der Waals surface area contributed by atoms with Gasteiger partial charge in [-0.1, -0.05) is 131 Å². The molecule has 0 amide bonds. The first kappa shape index (κ1) is 34.3. The van der Waals surface area contributed by atoms with Gasteiger partial charge in [-0.2, -0.15) is 0 Å². The lowest BCUT2D eigenvalue weighted by Gasteiger charge is -2.24. The van der Waals surface area contributed by atoms with E-state index >= 15 is 0 Å². The van der Waals surface area contributed by atoms with Gasteiger partial charge in [-0.05, 0) is 98.9 Å². The van der Waals surface area contributed by atoms with E-state index in [2.05, 4.69) is 197 Å². The van der Waals surface area contributed by atoms with Gasteiger partial charge >= 0.3 is 0 Å². The van der Waals surface area contributed by atoms with Crippen LogP contribution in [0.1, 0.15) is 51.3 Å². The predicted molar refractivity (Wildman–Crippen MR) is 257 cm³/mol. The maximum Gasteiger partial charge on any atom is 0.197 e. The molecule has 0 saturated heterocycles. The van der Waals surface area contributed by atoms with Crippen molar-refractivity contribution in [2.75, 3.05) is 5.32 Å². The fourth-order valence-corrected chi connectivity index (χ4v) is 11.7. The van der Waals surface area contributed by atoms with Gasteiger partial charge in [0.15, 0.2) is 7.28 Å². The molecule has 11 aromatic rings. The number of fused-ring (bicyclic) bond motifs is 15. The first-order chi connectivity index (χ1) is 29.1. The zero-order chi connectivity index (χ0) is 40.2. The summed E-state index contributed by atoms with van der Waals surface area (Å²) >= 11 is 1.88. The Kier molecular flexibility index (Phi) is 6.75. The van der Waals surface area contributed by atoms with E-state index in [1.54, 1.807) is 0 Å². The van der Waals surface area contributed by atoms with Gasteiger partial charge in [0, 0.05) is 75.3 Å². The first-order valence-corrected chi connectivity index (χ1v) is 21.8. The van der Waals surface area contributed by atoms with Crippen LogP contribution >= 0.6 is 11.3 Å². The zero-order valence-corrected chi connectivity index (χ0v) is 35.0. The summed E-state index contributed by atoms with van der Waals surface area (Å²) in [7, 11) is 2.46. The topological polar surface area (TPSA) is 30.1 Å². The van der Waals surface area contributed by atoms with Crippen LogP contribution in [0.25, 0.3) is 91.9 Å². The molecule has 1 aliphatic heterocycles. The number of rotatable bonds is 3. The van der Waals surface area contributed by atoms with E-state index in [-0.39, 0.29) is 10.8 Å². The third kappa shape index (κ3) is 4.61. The van der Waals surface area contributed by atoms with Crippen molar-refractivity contribution in [3.8, 4) is 27.9 Å². The molecule has 0 bridgehead atoms. The third-order valence-corrected chi connectivity index (χ3v) is 14.7. The summed E-state index contributed by atoms with van der Waals surface area (Å²) in [6, 6.07) is 54.2. The monoisotopic (exact) mass is 787 g/mol. The van der Waals surface area contributed by atoms with Gasteiger partial charge in [0.1, 0.15) is 11.2 Å². The van der Waals surface area contributed by atoms with Gasteiger partial charge in [-0.25, -0.2) is 0 Å². The summed E-state index contributed by atoms with van der Waals surface area (Å²) in [5.74, 6) is 0. The molecule has 4 heterocycles. The van der Waals surface area contributed by atoms with Crippen LogP contribution in [-0.4, -0.2) is 11.8 Å². The van der Waals surface area contributed by atoms with Crippen LogP contribution in [0.3, 0.4) is 0 Å². The van der Waals surface area contributed by atoms with Gasteiger partial charge < -0.3 is 14.3 Å². The Labute approximate surface area is 353 Å². The van der Waals surface area contributed by atoms with E-state index in [0.717, 1.165) is 38.9 Å². The summed E-state index contributed by atoms with van der Waals surface area (Å²) in [5, 5.41) is 11.4. The van der Waals surface area contributed by atoms with Crippen LogP contribution in [0.15, 0.2) is 150 Å². The second kappa shape index (κ2) is 11.8. The Hall–Kier alpha value is -6.56. The quantitative estimate of drug-likeness (QED) is 0.181. The van der Waals surface area contributed by atoms with Crippen LogP contribution < -0.4 is 16.2 Å². The van der Waals surface area contributed by atoms with Crippen LogP contribution in [0, 0.1) is 0 Å². The lowest BCUT2D eigenvalue weighted by Crippen LogP contribution is -2.37. The largest absolute Gasteiger partial charge is 0.456 e. The molecule has 0 fully saturated rings. The summed E-state index contributed by atoms with van der Waals surface area (Å²) in [6.07, 6.45) is 0. The standard InChI is InChI=1S/C55H40BN2OS/c1-54(2,3)30-18-20-31(21-19-30)57-43-26-38-32-12-7-10-16-46(32)59-47(38)28-37(43)34-22-23-36-51-44(25-24-41-50(51)35-14-6-9-15-40(35)55(41,4)5)58-45-27-39-33-13-8-11-17-48(33)60-49(39)29-42(45)56-52(34)53(36)58/h6-29,57H,1-5H3. The highest BCUT2D eigenvalue weighted by atomic mass is 32.1. The first-order valence-electron chi connectivity index (χ1n) is 21.0. The number of thiophene rings is 1. The molecule has 2 aliphatic rings. The minimum absolute atomic E-state index is 0.0698. The van der Waals surface area contributed by atoms with E-state index in [0.29, 0.717) is 0 Å². The normalized spacial score (nSPS) is 14.0. The molecular formula is C55H40BN2OS. The van der Waals surface area contributed by atoms with Crippen molar-refractivity contribution in [2.45, 2.75) is 45.4 Å². The van der Waals surface area contributed by atoms with E-state index in [9.17, 15) is 0 Å². The Morgan fingerprint density at radius 3 is 2.25 bits per heavy atom. The van der Waals surface area contributed by atoms with Gasteiger partial charge in [0.05, 0.1) is 5.52 Å². The fourth-order valence-electron chi connectivity index (χ4n) is 10.6. The van der Waals surface area contributed by atoms with E-state index < -0.39 is 0 Å². The zero-order valence-electron chi connectivity index (χ0n) is 34.2. The highest BCUT2D eigenvalue weighted by Gasteiger charge is 2.38. The summed E-state index contributed by atoms with van der Waals surface area (Å²) in [4.78, 5) is 0. The van der Waals surface area contributed by atoms with Gasteiger partial charge in [0.25, 0.3) is 0 Å². The molecule has 13 rings (SSSR count). The van der Waals surface area contributed by atoms with Crippen molar-refractivity contribution in [2.24, 2.45) is 0 Å². The molecule has 3 nitrogen and oxygen atoms in total. The number of furan rings is 1. The van der Waals surface area contributed by atoms with Crippen LogP contribution in [0.2, 0.25) is 0 Å². The Morgan fingerprint density at radius 2 is 1.40 bits per heavy atom. The molecule has 1 N–H and O–H groups in total. The summed E-state index contributed by atoms with van der Waals surface area (Å²) in [6.45, 7) is 11.6. The smallest absolute Gasteiger partial charge is 0.197 e. The molecule has 0 saturated carbocycles. The molecule has 1 aliphatic carbocycles. The fraction of sp³-hybridized carbons (Fsp3) is 0.127. The molecule has 0 spiro atoms. The average Bonchev–Trinajstić information content (AvgIpc) is 3.97. The Bertz CT molecular complexity index is 3670. The van der Waals surface area contributed by atoms with Crippen molar-refractivity contribution in [3.05, 3.63) is 162 Å². The number of hydrogen-bond acceptors (Lipinski definition) is 3. The average molecular weight is 788 g/mol. The van der Waals surface area contributed by atoms with E-state index in [1.165, 1.54) is 92.0 Å². The number of hydrogen-bond donors (Lipinski definition) is 1. The molecule has 285 valence electrons. The molecule has 8 aromatic carbocycles. The second-order valence-electron chi connectivity index (χ2n) is 18.4. The Balaban J connectivity index is 1.13. The van der Waals surface area contributed by atoms with Crippen LogP contribution in [0.5, 0.6) is 0 Å². The SMILES string of the molecule is CC(C)(C)c1ccc(Nc2cc3c(cc2-c2ccc4c5c6c(ccc5n5c4c2[B]c2cc4sc7ccccc7c4cc2-5)C(C)(C)c2ccccc2-6)oc2ccccc23)cc1. The number of aromatic nitrogens is 1. The van der Waals surface area contributed by atoms with Crippen molar-refractivity contribution in [3.63, 3.8) is 0 Å². The van der Waals surface area contributed by atoms with E-state index in [4.69, 9.17) is 4.42 Å².